The molecule has 184 valence electrons. The van der Waals surface area contributed by atoms with Gasteiger partial charge in [0.2, 0.25) is 0 Å². The molecule has 5 rings (SSSR count). The predicted molar refractivity (Wildman–Crippen MR) is 148 cm³/mol. The number of H-pyrrole nitrogens is 1. The zero-order valence-electron chi connectivity index (χ0n) is 20.6. The fraction of sp³-hybridized carbons (Fsp3) is 0.0938. The number of para-hydroxylation sites is 1. The summed E-state index contributed by atoms with van der Waals surface area (Å²) in [5, 5.41) is 25.1. The number of carbonyl (C=O) groups is 1. The zero-order valence-corrected chi connectivity index (χ0v) is 20.6. The van der Waals surface area contributed by atoms with Crippen molar-refractivity contribution in [2.75, 3.05) is 6.54 Å². The van der Waals surface area contributed by atoms with Crippen molar-refractivity contribution in [3.8, 4) is 17.9 Å². The lowest BCUT2D eigenvalue weighted by atomic mass is 10.0. The fourth-order valence-corrected chi connectivity index (χ4v) is 4.50. The number of aromatic nitrogens is 1. The van der Waals surface area contributed by atoms with E-state index >= 15 is 0 Å². The Kier molecular flexibility index (Phi) is 7.16. The Morgan fingerprint density at radius 2 is 1.66 bits per heavy atom. The summed E-state index contributed by atoms with van der Waals surface area (Å²) in [6.45, 7) is 0.575. The quantitative estimate of drug-likeness (QED) is 0.202. The number of rotatable bonds is 8. The lowest BCUT2D eigenvalue weighted by Gasteiger charge is -2.13. The second-order valence-electron chi connectivity index (χ2n) is 8.79. The summed E-state index contributed by atoms with van der Waals surface area (Å²) in [5.41, 5.74) is 4.08. The van der Waals surface area contributed by atoms with Crippen LogP contribution in [0, 0.1) is 22.7 Å². The SMILES string of the molecule is N#C/C(=C/c1c(OCc2ccccc2C#N)ccc2ccccc12)C(=O)NCCc1c[nH]c2ccccc12. The molecule has 5 aromatic rings. The highest BCUT2D eigenvalue weighted by Crippen LogP contribution is 2.31. The maximum Gasteiger partial charge on any atom is 0.261 e. The first-order chi connectivity index (χ1) is 18.7. The number of nitrogens with zero attached hydrogens (tertiary/aromatic N) is 2. The number of nitrogens with one attached hydrogen (secondary N) is 2. The van der Waals surface area contributed by atoms with Gasteiger partial charge in [-0.15, -0.1) is 0 Å². The van der Waals surface area contributed by atoms with Crippen LogP contribution in [-0.2, 0) is 17.8 Å². The molecule has 0 atom stereocenters. The van der Waals surface area contributed by atoms with E-state index < -0.39 is 5.91 Å². The standard InChI is InChI=1S/C32H24N4O2/c33-18-23-8-1-2-9-25(23)21-38-31-14-13-22-7-3-4-10-27(22)29(31)17-26(19-34)32(37)35-16-15-24-20-36-30-12-6-5-11-28(24)30/h1-14,17,20,36H,15-16,21H2,(H,35,37)/b26-17-. The predicted octanol–water partition coefficient (Wildman–Crippen LogP) is 6.04. The highest BCUT2D eigenvalue weighted by atomic mass is 16.5. The maximum absolute atomic E-state index is 13.0. The molecule has 0 bridgehead atoms. The van der Waals surface area contributed by atoms with Crippen molar-refractivity contribution < 1.29 is 9.53 Å². The van der Waals surface area contributed by atoms with Gasteiger partial charge in [-0.25, -0.2) is 0 Å². The van der Waals surface area contributed by atoms with Crippen molar-refractivity contribution in [2.45, 2.75) is 13.0 Å². The van der Waals surface area contributed by atoms with Gasteiger partial charge in [-0.2, -0.15) is 10.5 Å². The molecule has 6 heteroatoms. The second-order valence-corrected chi connectivity index (χ2v) is 8.79. The van der Waals surface area contributed by atoms with E-state index in [1.807, 2.05) is 85.1 Å². The van der Waals surface area contributed by atoms with Crippen molar-refractivity contribution in [1.29, 1.82) is 10.5 Å². The first-order valence-electron chi connectivity index (χ1n) is 12.3. The van der Waals surface area contributed by atoms with E-state index in [9.17, 15) is 15.3 Å². The second kappa shape index (κ2) is 11.2. The molecule has 1 heterocycles. The summed E-state index contributed by atoms with van der Waals surface area (Å²) in [6.07, 6.45) is 4.16. The van der Waals surface area contributed by atoms with E-state index in [4.69, 9.17) is 4.74 Å². The molecule has 38 heavy (non-hydrogen) atoms. The normalized spacial score (nSPS) is 11.2. The van der Waals surface area contributed by atoms with Crippen LogP contribution in [-0.4, -0.2) is 17.4 Å². The van der Waals surface area contributed by atoms with Crippen LogP contribution in [0.15, 0.2) is 96.7 Å². The maximum atomic E-state index is 13.0. The Bertz CT molecular complexity index is 1750. The van der Waals surface area contributed by atoms with Gasteiger partial charge in [-0.1, -0.05) is 66.7 Å². The summed E-state index contributed by atoms with van der Waals surface area (Å²) in [7, 11) is 0. The van der Waals surface area contributed by atoms with E-state index in [1.165, 1.54) is 0 Å². The Balaban J connectivity index is 1.39. The summed E-state index contributed by atoms with van der Waals surface area (Å²) in [6, 6.07) is 31.0. The largest absolute Gasteiger partial charge is 0.488 e. The Labute approximate surface area is 220 Å². The van der Waals surface area contributed by atoms with Crippen molar-refractivity contribution in [2.24, 2.45) is 0 Å². The van der Waals surface area contributed by atoms with E-state index in [0.29, 0.717) is 29.8 Å². The van der Waals surface area contributed by atoms with Gasteiger partial charge in [0.1, 0.15) is 24.0 Å². The molecule has 0 radical (unpaired) electrons. The summed E-state index contributed by atoms with van der Waals surface area (Å²) in [4.78, 5) is 16.2. The number of amides is 1. The molecule has 0 spiro atoms. The number of nitriles is 2. The molecule has 0 aliphatic carbocycles. The number of fused-ring (bicyclic) bond motifs is 2. The van der Waals surface area contributed by atoms with Crippen molar-refractivity contribution in [3.05, 3.63) is 119 Å². The highest BCUT2D eigenvalue weighted by Gasteiger charge is 2.14. The fourth-order valence-electron chi connectivity index (χ4n) is 4.50. The molecule has 1 aromatic heterocycles. The number of hydrogen-bond donors (Lipinski definition) is 2. The monoisotopic (exact) mass is 496 g/mol. The van der Waals surface area contributed by atoms with Crippen LogP contribution in [0.4, 0.5) is 0 Å². The van der Waals surface area contributed by atoms with Gasteiger partial charge in [-0.05, 0) is 47.0 Å². The highest BCUT2D eigenvalue weighted by molar-refractivity contribution is 6.05. The van der Waals surface area contributed by atoms with Crippen LogP contribution in [0.1, 0.15) is 22.3 Å². The lowest BCUT2D eigenvalue weighted by Crippen LogP contribution is -2.26. The van der Waals surface area contributed by atoms with E-state index in [1.54, 1.807) is 12.1 Å². The average molecular weight is 497 g/mol. The number of carbonyl (C=O) groups excluding carboxylic acids is 1. The van der Waals surface area contributed by atoms with Crippen LogP contribution < -0.4 is 10.1 Å². The van der Waals surface area contributed by atoms with E-state index in [2.05, 4.69) is 22.4 Å². The average Bonchev–Trinajstić information content (AvgIpc) is 3.38. The smallest absolute Gasteiger partial charge is 0.261 e. The van der Waals surface area contributed by atoms with E-state index in [0.717, 1.165) is 32.8 Å². The molecule has 4 aromatic carbocycles. The molecular formula is C32H24N4O2. The van der Waals surface area contributed by atoms with Crippen LogP contribution in [0.3, 0.4) is 0 Å². The Morgan fingerprint density at radius 3 is 2.50 bits per heavy atom. The molecule has 0 unspecified atom stereocenters. The van der Waals surface area contributed by atoms with Crippen molar-refractivity contribution >= 4 is 33.7 Å². The first kappa shape index (κ1) is 24.4. The van der Waals surface area contributed by atoms with Gasteiger partial charge >= 0.3 is 0 Å². The van der Waals surface area contributed by atoms with Gasteiger partial charge in [0.25, 0.3) is 5.91 Å². The summed E-state index contributed by atoms with van der Waals surface area (Å²) >= 11 is 0. The molecule has 1 amide bonds. The van der Waals surface area contributed by atoms with Gasteiger partial charge in [0, 0.05) is 34.8 Å². The molecule has 0 saturated heterocycles. The third-order valence-corrected chi connectivity index (χ3v) is 6.46. The molecular weight excluding hydrogens is 472 g/mol. The first-order valence-corrected chi connectivity index (χ1v) is 12.3. The Morgan fingerprint density at radius 1 is 0.895 bits per heavy atom. The number of benzene rings is 4. The molecule has 0 aliphatic heterocycles. The van der Waals surface area contributed by atoms with Gasteiger partial charge in [0.15, 0.2) is 0 Å². The van der Waals surface area contributed by atoms with Crippen LogP contribution in [0.5, 0.6) is 5.75 Å². The van der Waals surface area contributed by atoms with Crippen LogP contribution >= 0.6 is 0 Å². The van der Waals surface area contributed by atoms with Gasteiger partial charge in [0.05, 0.1) is 11.6 Å². The third-order valence-electron chi connectivity index (χ3n) is 6.46. The number of ether oxygens (including phenoxy) is 1. The zero-order chi connectivity index (χ0) is 26.3. The van der Waals surface area contributed by atoms with Gasteiger partial charge < -0.3 is 15.0 Å². The van der Waals surface area contributed by atoms with Gasteiger partial charge in [-0.3, -0.25) is 4.79 Å². The van der Waals surface area contributed by atoms with Crippen molar-refractivity contribution in [1.82, 2.24) is 10.3 Å². The number of hydrogen-bond acceptors (Lipinski definition) is 4. The van der Waals surface area contributed by atoms with Crippen LogP contribution in [0.25, 0.3) is 27.8 Å². The molecule has 0 fully saturated rings. The minimum atomic E-state index is -0.443. The molecule has 0 saturated carbocycles. The topological polar surface area (TPSA) is 102 Å². The van der Waals surface area contributed by atoms with Crippen LogP contribution in [0.2, 0.25) is 0 Å². The minimum Gasteiger partial charge on any atom is -0.488 e. The molecule has 6 nitrogen and oxygen atoms in total. The minimum absolute atomic E-state index is 0.0115. The van der Waals surface area contributed by atoms with E-state index in [-0.39, 0.29) is 12.2 Å². The molecule has 2 N–H and O–H groups in total. The summed E-state index contributed by atoms with van der Waals surface area (Å²) in [5.74, 6) is 0.0804. The third kappa shape index (κ3) is 5.11. The number of aromatic amines is 1. The Hall–Kier alpha value is -5.33. The lowest BCUT2D eigenvalue weighted by molar-refractivity contribution is -0.117. The molecule has 0 aliphatic rings. The summed E-state index contributed by atoms with van der Waals surface area (Å²) < 4.78 is 6.13. The van der Waals surface area contributed by atoms with Crippen molar-refractivity contribution in [3.63, 3.8) is 0 Å².